The Bertz CT molecular complexity index is 309. The van der Waals surface area contributed by atoms with Crippen molar-refractivity contribution in [1.29, 1.82) is 0 Å². The van der Waals surface area contributed by atoms with E-state index in [9.17, 15) is 18.0 Å². The average molecular weight is 210 g/mol. The SMILES string of the molecule is O=C(O)CC(c1nn[nH]n1)C(F)(F)F. The van der Waals surface area contributed by atoms with Gasteiger partial charge < -0.3 is 5.11 Å². The van der Waals surface area contributed by atoms with Crippen LogP contribution in [0.2, 0.25) is 0 Å². The Morgan fingerprint density at radius 1 is 1.57 bits per heavy atom. The van der Waals surface area contributed by atoms with E-state index in [-0.39, 0.29) is 0 Å². The molecule has 0 amide bonds. The first-order valence-corrected chi connectivity index (χ1v) is 3.43. The summed E-state index contributed by atoms with van der Waals surface area (Å²) in [4.78, 5) is 10.2. The molecule has 1 atom stereocenters. The highest BCUT2D eigenvalue weighted by molar-refractivity contribution is 5.67. The van der Waals surface area contributed by atoms with Gasteiger partial charge in [0, 0.05) is 0 Å². The molecular weight excluding hydrogens is 205 g/mol. The second-order valence-corrected chi connectivity index (χ2v) is 2.46. The van der Waals surface area contributed by atoms with Crippen LogP contribution in [0.5, 0.6) is 0 Å². The molecule has 0 aliphatic heterocycles. The molecule has 0 bridgehead atoms. The van der Waals surface area contributed by atoms with Crippen LogP contribution >= 0.6 is 0 Å². The van der Waals surface area contributed by atoms with Gasteiger partial charge >= 0.3 is 12.1 Å². The summed E-state index contributed by atoms with van der Waals surface area (Å²) in [5.74, 6) is -4.46. The van der Waals surface area contributed by atoms with E-state index in [1.807, 2.05) is 5.21 Å². The van der Waals surface area contributed by atoms with Crippen LogP contribution in [0.4, 0.5) is 13.2 Å². The molecule has 1 heterocycles. The van der Waals surface area contributed by atoms with Crippen LogP contribution in [0.3, 0.4) is 0 Å². The van der Waals surface area contributed by atoms with Crippen LogP contribution in [-0.2, 0) is 4.79 Å². The van der Waals surface area contributed by atoms with Crippen LogP contribution < -0.4 is 0 Å². The zero-order valence-corrected chi connectivity index (χ0v) is 6.62. The van der Waals surface area contributed by atoms with Crippen LogP contribution in [0, 0.1) is 0 Å². The number of hydrogen-bond donors (Lipinski definition) is 2. The van der Waals surface area contributed by atoms with Crippen molar-refractivity contribution < 1.29 is 23.1 Å². The Morgan fingerprint density at radius 3 is 2.57 bits per heavy atom. The largest absolute Gasteiger partial charge is 0.481 e. The summed E-state index contributed by atoms with van der Waals surface area (Å²) >= 11 is 0. The molecule has 0 spiro atoms. The molecule has 1 aromatic heterocycles. The van der Waals surface area contributed by atoms with Crippen LogP contribution in [0.1, 0.15) is 18.2 Å². The third-order valence-electron chi connectivity index (χ3n) is 1.45. The number of tetrazole rings is 1. The first kappa shape index (κ1) is 10.4. The fraction of sp³-hybridized carbons (Fsp3) is 0.600. The van der Waals surface area contributed by atoms with Crippen molar-refractivity contribution in [3.8, 4) is 0 Å². The van der Waals surface area contributed by atoms with Gasteiger partial charge in [-0.2, -0.15) is 18.4 Å². The van der Waals surface area contributed by atoms with Crippen molar-refractivity contribution in [2.45, 2.75) is 18.5 Å². The van der Waals surface area contributed by atoms with Gasteiger partial charge in [0.15, 0.2) is 5.82 Å². The minimum Gasteiger partial charge on any atom is -0.481 e. The molecule has 2 N–H and O–H groups in total. The van der Waals surface area contributed by atoms with Gasteiger partial charge in [0.2, 0.25) is 0 Å². The molecule has 1 rings (SSSR count). The number of halogens is 3. The zero-order valence-electron chi connectivity index (χ0n) is 6.62. The molecule has 0 aliphatic carbocycles. The normalized spacial score (nSPS) is 13.9. The third kappa shape index (κ3) is 2.41. The van der Waals surface area contributed by atoms with E-state index in [0.717, 1.165) is 0 Å². The van der Waals surface area contributed by atoms with Crippen LogP contribution in [0.15, 0.2) is 0 Å². The molecule has 0 aromatic carbocycles. The number of carbonyl (C=O) groups is 1. The molecule has 0 saturated heterocycles. The lowest BCUT2D eigenvalue weighted by atomic mass is 10.1. The lowest BCUT2D eigenvalue weighted by molar-refractivity contribution is -0.164. The maximum Gasteiger partial charge on any atom is 0.399 e. The van der Waals surface area contributed by atoms with E-state index >= 15 is 0 Å². The smallest absolute Gasteiger partial charge is 0.399 e. The second kappa shape index (κ2) is 3.60. The quantitative estimate of drug-likeness (QED) is 0.749. The average Bonchev–Trinajstić information content (AvgIpc) is 2.49. The highest BCUT2D eigenvalue weighted by Crippen LogP contribution is 2.35. The summed E-state index contributed by atoms with van der Waals surface area (Å²) in [6.45, 7) is 0. The van der Waals surface area contributed by atoms with Crippen molar-refractivity contribution >= 4 is 5.97 Å². The van der Waals surface area contributed by atoms with Crippen molar-refractivity contribution in [2.24, 2.45) is 0 Å². The van der Waals surface area contributed by atoms with E-state index in [1.165, 1.54) is 0 Å². The van der Waals surface area contributed by atoms with Gasteiger partial charge in [-0.3, -0.25) is 4.79 Å². The van der Waals surface area contributed by atoms with Crippen LogP contribution in [-0.4, -0.2) is 37.9 Å². The summed E-state index contributed by atoms with van der Waals surface area (Å²) in [5, 5.41) is 19.2. The molecule has 0 aliphatic rings. The maximum atomic E-state index is 12.3. The first-order valence-electron chi connectivity index (χ1n) is 3.43. The zero-order chi connectivity index (χ0) is 10.8. The number of H-pyrrole nitrogens is 1. The van der Waals surface area contributed by atoms with E-state index in [1.54, 1.807) is 0 Å². The molecule has 0 saturated carbocycles. The molecule has 6 nitrogen and oxygen atoms in total. The second-order valence-electron chi connectivity index (χ2n) is 2.46. The number of aromatic amines is 1. The van der Waals surface area contributed by atoms with Crippen molar-refractivity contribution in [3.05, 3.63) is 5.82 Å². The molecule has 1 unspecified atom stereocenters. The van der Waals surface area contributed by atoms with Crippen molar-refractivity contribution in [3.63, 3.8) is 0 Å². The highest BCUT2D eigenvalue weighted by atomic mass is 19.4. The standard InChI is InChI=1S/C5H5F3N4O2/c6-5(7,8)2(1-3(13)14)4-9-11-12-10-4/h2H,1H2,(H,13,14)(H,9,10,11,12). The molecule has 14 heavy (non-hydrogen) atoms. The predicted octanol–water partition coefficient (Wildman–Crippen LogP) is 0.320. The van der Waals surface area contributed by atoms with Crippen LogP contribution in [0.25, 0.3) is 0 Å². The molecule has 0 radical (unpaired) electrons. The Kier molecular flexibility index (Phi) is 2.68. The van der Waals surface area contributed by atoms with E-state index in [4.69, 9.17) is 5.11 Å². The lowest BCUT2D eigenvalue weighted by Crippen LogP contribution is -2.24. The maximum absolute atomic E-state index is 12.3. The first-order chi connectivity index (χ1) is 6.41. The van der Waals surface area contributed by atoms with Crippen molar-refractivity contribution in [2.75, 3.05) is 0 Å². The van der Waals surface area contributed by atoms with Gasteiger partial charge in [-0.1, -0.05) is 5.21 Å². The fourth-order valence-corrected chi connectivity index (χ4v) is 0.845. The number of carboxylic acids is 1. The number of carboxylic acid groups (broad SMARTS) is 1. The van der Waals surface area contributed by atoms with Gasteiger partial charge in [-0.15, -0.1) is 10.2 Å². The number of aromatic nitrogens is 4. The Balaban J connectivity index is 2.89. The molecule has 0 fully saturated rings. The van der Waals surface area contributed by atoms with Gasteiger partial charge in [-0.05, 0) is 0 Å². The summed E-state index contributed by atoms with van der Waals surface area (Å²) in [6.07, 6.45) is -5.80. The van der Waals surface area contributed by atoms with Gasteiger partial charge in [0.25, 0.3) is 0 Å². The van der Waals surface area contributed by atoms with E-state index in [2.05, 4.69) is 15.4 Å². The lowest BCUT2D eigenvalue weighted by Gasteiger charge is -2.14. The van der Waals surface area contributed by atoms with Crippen molar-refractivity contribution in [1.82, 2.24) is 20.6 Å². The highest BCUT2D eigenvalue weighted by Gasteiger charge is 2.44. The van der Waals surface area contributed by atoms with Gasteiger partial charge in [0.1, 0.15) is 5.92 Å². The molecular formula is C5H5F3N4O2. The minimum atomic E-state index is -4.69. The number of nitrogens with zero attached hydrogens (tertiary/aromatic N) is 3. The predicted molar refractivity (Wildman–Crippen MR) is 35.2 cm³/mol. The van der Waals surface area contributed by atoms with Gasteiger partial charge in [0.05, 0.1) is 6.42 Å². The molecule has 78 valence electrons. The Labute approximate surface area is 75.1 Å². The number of aliphatic carboxylic acids is 1. The number of alkyl halides is 3. The number of rotatable bonds is 3. The van der Waals surface area contributed by atoms with E-state index in [0.29, 0.717) is 0 Å². The number of nitrogens with one attached hydrogen (secondary N) is 1. The topological polar surface area (TPSA) is 91.8 Å². The monoisotopic (exact) mass is 210 g/mol. The van der Waals surface area contributed by atoms with Gasteiger partial charge in [-0.25, -0.2) is 0 Å². The summed E-state index contributed by atoms with van der Waals surface area (Å²) < 4.78 is 36.8. The summed E-state index contributed by atoms with van der Waals surface area (Å²) in [5.41, 5.74) is 0. The third-order valence-corrected chi connectivity index (χ3v) is 1.45. The fourth-order valence-electron chi connectivity index (χ4n) is 0.845. The molecule has 1 aromatic rings. The minimum absolute atomic E-state index is 0.667. The Morgan fingerprint density at radius 2 is 2.21 bits per heavy atom. The van der Waals surface area contributed by atoms with E-state index < -0.39 is 30.3 Å². The Hall–Kier alpha value is -1.67. The summed E-state index contributed by atoms with van der Waals surface area (Å²) in [6, 6.07) is 0. The molecule has 9 heteroatoms. The summed E-state index contributed by atoms with van der Waals surface area (Å²) in [7, 11) is 0. The number of hydrogen-bond acceptors (Lipinski definition) is 4.